The molecule has 1 aliphatic heterocycles. The van der Waals surface area contributed by atoms with Crippen LogP contribution < -0.4 is 9.47 Å². The van der Waals surface area contributed by atoms with Crippen LogP contribution in [0.4, 0.5) is 0 Å². The van der Waals surface area contributed by atoms with Crippen LogP contribution in [0.25, 0.3) is 5.57 Å². The molecule has 0 saturated heterocycles. The predicted molar refractivity (Wildman–Crippen MR) is 150 cm³/mol. The largest absolute Gasteiger partial charge is 0.488 e. The zero-order chi connectivity index (χ0) is 25.8. The number of fused-ring (bicyclic) bond motifs is 1. The van der Waals surface area contributed by atoms with Crippen molar-refractivity contribution in [2.45, 2.75) is 33.2 Å². The molecule has 0 unspecified atom stereocenters. The Morgan fingerprint density at radius 2 is 1.41 bits per heavy atom. The van der Waals surface area contributed by atoms with Crippen molar-refractivity contribution >= 4 is 27.4 Å². The Kier molecular flexibility index (Phi) is 7.42. The van der Waals surface area contributed by atoms with Gasteiger partial charge in [0.15, 0.2) is 0 Å². The van der Waals surface area contributed by atoms with Crippen LogP contribution in [0.3, 0.4) is 0 Å². The second-order valence-corrected chi connectivity index (χ2v) is 10.1. The molecule has 0 radical (unpaired) electrons. The molecule has 0 atom stereocenters. The number of halogens is 1. The molecule has 0 fully saturated rings. The summed E-state index contributed by atoms with van der Waals surface area (Å²) in [6.07, 6.45) is 0. The summed E-state index contributed by atoms with van der Waals surface area (Å²) in [6.45, 7) is 7.93. The van der Waals surface area contributed by atoms with Gasteiger partial charge in [-0.05, 0) is 46.9 Å². The van der Waals surface area contributed by atoms with Crippen molar-refractivity contribution in [3.8, 4) is 11.5 Å². The maximum absolute atomic E-state index is 13.9. The van der Waals surface area contributed by atoms with Crippen LogP contribution in [0.1, 0.15) is 45.1 Å². The second kappa shape index (κ2) is 11.1. The van der Waals surface area contributed by atoms with E-state index in [0.717, 1.165) is 37.9 Å². The highest BCUT2D eigenvalue weighted by atomic mass is 79.9. The Labute approximate surface area is 226 Å². The summed E-state index contributed by atoms with van der Waals surface area (Å²) < 4.78 is 13.5. The van der Waals surface area contributed by atoms with Gasteiger partial charge < -0.3 is 14.4 Å². The smallest absolute Gasteiger partial charge is 0.258 e. The minimum absolute atomic E-state index is 0.0803. The number of benzene rings is 4. The van der Waals surface area contributed by atoms with Crippen LogP contribution in [0.2, 0.25) is 0 Å². The molecule has 0 N–H and O–H groups in total. The minimum Gasteiger partial charge on any atom is -0.488 e. The molecule has 5 heteroatoms. The van der Waals surface area contributed by atoms with E-state index < -0.39 is 0 Å². The minimum atomic E-state index is -0.0803. The Bertz CT molecular complexity index is 1430. The SMILES string of the molecule is C=C(C)c1cc(C(=O)N2Cc3cccc(Br)c3C2)c(OCc2ccccc2)cc1OCc1ccccc1. The van der Waals surface area contributed by atoms with Gasteiger partial charge in [-0.1, -0.05) is 95.3 Å². The van der Waals surface area contributed by atoms with Crippen molar-refractivity contribution in [1.82, 2.24) is 4.90 Å². The molecule has 37 heavy (non-hydrogen) atoms. The van der Waals surface area contributed by atoms with E-state index in [9.17, 15) is 4.79 Å². The lowest BCUT2D eigenvalue weighted by atomic mass is 10.0. The topological polar surface area (TPSA) is 38.8 Å². The van der Waals surface area contributed by atoms with Gasteiger partial charge >= 0.3 is 0 Å². The van der Waals surface area contributed by atoms with E-state index in [2.05, 4.69) is 28.6 Å². The van der Waals surface area contributed by atoms with Gasteiger partial charge in [0.2, 0.25) is 0 Å². The number of rotatable bonds is 8. The average Bonchev–Trinajstić information content (AvgIpc) is 3.37. The van der Waals surface area contributed by atoms with E-state index in [1.807, 2.05) is 96.8 Å². The molecule has 0 bridgehead atoms. The number of nitrogens with zero attached hydrogens (tertiary/aromatic N) is 1. The highest BCUT2D eigenvalue weighted by molar-refractivity contribution is 9.10. The lowest BCUT2D eigenvalue weighted by Crippen LogP contribution is -2.26. The predicted octanol–water partition coefficient (Wildman–Crippen LogP) is 7.80. The summed E-state index contributed by atoms with van der Waals surface area (Å²) in [5.74, 6) is 1.06. The number of ether oxygens (including phenoxy) is 2. The normalized spacial score (nSPS) is 12.2. The van der Waals surface area contributed by atoms with Gasteiger partial charge in [0.05, 0.1) is 5.56 Å². The summed E-state index contributed by atoms with van der Waals surface area (Å²) in [4.78, 5) is 15.7. The molecule has 4 aromatic carbocycles. The van der Waals surface area contributed by atoms with Crippen LogP contribution in [0.15, 0.2) is 102 Å². The molecular formula is C32H28BrNO3. The van der Waals surface area contributed by atoms with Gasteiger partial charge in [-0.2, -0.15) is 0 Å². The van der Waals surface area contributed by atoms with Gasteiger partial charge in [0.1, 0.15) is 24.7 Å². The quantitative estimate of drug-likeness (QED) is 0.223. The average molecular weight is 554 g/mol. The first-order chi connectivity index (χ1) is 18.0. The molecule has 186 valence electrons. The third-order valence-corrected chi connectivity index (χ3v) is 7.20. The number of hydrogen-bond donors (Lipinski definition) is 0. The summed E-state index contributed by atoms with van der Waals surface area (Å²) >= 11 is 3.63. The highest BCUT2D eigenvalue weighted by Crippen LogP contribution is 2.37. The first kappa shape index (κ1) is 24.8. The first-order valence-corrected chi connectivity index (χ1v) is 13.0. The number of hydrogen-bond acceptors (Lipinski definition) is 3. The fourth-order valence-electron chi connectivity index (χ4n) is 4.47. The molecule has 0 aliphatic carbocycles. The molecule has 5 rings (SSSR count). The standard InChI is InChI=1S/C32H28BrNO3/c1-22(2)26-16-27(32(35)34-18-25-14-9-15-29(33)28(25)19-34)31(37-21-24-12-7-4-8-13-24)17-30(26)36-20-23-10-5-3-6-11-23/h3-17H,1,18-21H2,2H3. The lowest BCUT2D eigenvalue weighted by Gasteiger charge is -2.21. The zero-order valence-corrected chi connectivity index (χ0v) is 22.3. The number of allylic oxidation sites excluding steroid dienone is 1. The van der Waals surface area contributed by atoms with E-state index in [0.29, 0.717) is 43.4 Å². The zero-order valence-electron chi connectivity index (χ0n) is 20.7. The lowest BCUT2D eigenvalue weighted by molar-refractivity contribution is 0.0746. The van der Waals surface area contributed by atoms with Crippen LogP contribution in [0, 0.1) is 0 Å². The van der Waals surface area contributed by atoms with Crippen LogP contribution in [-0.4, -0.2) is 10.8 Å². The van der Waals surface area contributed by atoms with Gasteiger partial charge in [0, 0.05) is 29.2 Å². The summed E-state index contributed by atoms with van der Waals surface area (Å²) in [7, 11) is 0. The van der Waals surface area contributed by atoms with Gasteiger partial charge in [0.25, 0.3) is 5.91 Å². The number of carbonyl (C=O) groups is 1. The molecule has 0 aromatic heterocycles. The Hall–Kier alpha value is -3.83. The Balaban J connectivity index is 1.49. The van der Waals surface area contributed by atoms with Gasteiger partial charge in [-0.15, -0.1) is 0 Å². The first-order valence-electron chi connectivity index (χ1n) is 12.2. The van der Waals surface area contributed by atoms with Crippen molar-refractivity contribution < 1.29 is 14.3 Å². The molecule has 0 spiro atoms. The van der Waals surface area contributed by atoms with Crippen molar-refractivity contribution in [3.05, 3.63) is 135 Å². The van der Waals surface area contributed by atoms with Crippen molar-refractivity contribution in [3.63, 3.8) is 0 Å². The van der Waals surface area contributed by atoms with Crippen molar-refractivity contribution in [1.29, 1.82) is 0 Å². The van der Waals surface area contributed by atoms with E-state index >= 15 is 0 Å². The molecule has 0 saturated carbocycles. The molecular weight excluding hydrogens is 526 g/mol. The molecule has 1 aliphatic rings. The fourth-order valence-corrected chi connectivity index (χ4v) is 5.00. The highest BCUT2D eigenvalue weighted by Gasteiger charge is 2.29. The summed E-state index contributed by atoms with van der Waals surface area (Å²) in [6, 6.07) is 29.7. The summed E-state index contributed by atoms with van der Waals surface area (Å²) in [5.41, 5.74) is 6.49. The van der Waals surface area contributed by atoms with Gasteiger partial charge in [-0.3, -0.25) is 4.79 Å². The molecule has 4 nitrogen and oxygen atoms in total. The molecule has 4 aromatic rings. The third-order valence-electron chi connectivity index (χ3n) is 6.46. The van der Waals surface area contributed by atoms with E-state index in [1.54, 1.807) is 0 Å². The van der Waals surface area contributed by atoms with Crippen LogP contribution in [0.5, 0.6) is 11.5 Å². The second-order valence-electron chi connectivity index (χ2n) is 9.21. The van der Waals surface area contributed by atoms with Gasteiger partial charge in [-0.25, -0.2) is 0 Å². The molecule has 1 heterocycles. The van der Waals surface area contributed by atoms with Crippen LogP contribution in [-0.2, 0) is 26.3 Å². The molecule has 1 amide bonds. The Morgan fingerprint density at radius 1 is 0.811 bits per heavy atom. The number of amides is 1. The fraction of sp³-hybridized carbons (Fsp3) is 0.156. The summed E-state index contributed by atoms with van der Waals surface area (Å²) in [5, 5.41) is 0. The van der Waals surface area contributed by atoms with E-state index in [1.165, 1.54) is 0 Å². The number of carbonyl (C=O) groups excluding carboxylic acids is 1. The van der Waals surface area contributed by atoms with Crippen molar-refractivity contribution in [2.24, 2.45) is 0 Å². The maximum Gasteiger partial charge on any atom is 0.258 e. The van der Waals surface area contributed by atoms with Crippen LogP contribution >= 0.6 is 15.9 Å². The maximum atomic E-state index is 13.9. The van der Waals surface area contributed by atoms with Crippen molar-refractivity contribution in [2.75, 3.05) is 0 Å². The van der Waals surface area contributed by atoms with E-state index in [-0.39, 0.29) is 5.91 Å². The monoisotopic (exact) mass is 553 g/mol. The third kappa shape index (κ3) is 5.62. The van der Waals surface area contributed by atoms with E-state index in [4.69, 9.17) is 9.47 Å². The Morgan fingerprint density at radius 3 is 1.97 bits per heavy atom.